The van der Waals surface area contributed by atoms with Crippen LogP contribution in [0.2, 0.25) is 0 Å². The first-order valence-corrected chi connectivity index (χ1v) is 7.19. The van der Waals surface area contributed by atoms with Gasteiger partial charge in [-0.25, -0.2) is 0 Å². The molecule has 0 aromatic carbocycles. The lowest BCUT2D eigenvalue weighted by atomic mass is 9.76. The number of carbonyl (C=O) groups is 1. The molecule has 7 nitrogen and oxygen atoms in total. The Balaban J connectivity index is 1.71. The minimum Gasteiger partial charge on any atom is -0.393 e. The molecular weight excluding hydrogens is 286 g/mol. The summed E-state index contributed by atoms with van der Waals surface area (Å²) < 4.78 is 4.82. The lowest BCUT2D eigenvalue weighted by Gasteiger charge is -2.37. The fourth-order valence-electron chi connectivity index (χ4n) is 2.67. The van der Waals surface area contributed by atoms with Crippen molar-refractivity contribution in [1.82, 2.24) is 15.5 Å². The number of aromatic nitrogens is 2. The number of pyridine rings is 1. The molecule has 1 saturated carbocycles. The molecule has 0 aliphatic heterocycles. The predicted molar refractivity (Wildman–Crippen MR) is 77.3 cm³/mol. The van der Waals surface area contributed by atoms with E-state index >= 15 is 0 Å². The van der Waals surface area contributed by atoms with E-state index < -0.39 is 11.5 Å². The van der Waals surface area contributed by atoms with E-state index in [1.165, 1.54) is 0 Å². The number of rotatable bonds is 5. The first-order valence-electron chi connectivity index (χ1n) is 7.19. The number of hydrogen-bond acceptors (Lipinski definition) is 5. The quantitative estimate of drug-likeness (QED) is 0.744. The highest BCUT2D eigenvalue weighted by molar-refractivity contribution is 5.91. The monoisotopic (exact) mass is 303 g/mol. The first-order chi connectivity index (χ1) is 10.6. The second-order valence-electron chi connectivity index (χ2n) is 5.57. The Labute approximate surface area is 126 Å². The summed E-state index contributed by atoms with van der Waals surface area (Å²) in [6.07, 6.45) is 3.26. The van der Waals surface area contributed by atoms with Gasteiger partial charge in [0, 0.05) is 24.4 Å². The molecule has 7 heteroatoms. The summed E-state index contributed by atoms with van der Waals surface area (Å²) in [5.74, 6) is -0.303. The molecule has 1 fully saturated rings. The van der Waals surface area contributed by atoms with Crippen LogP contribution in [0.4, 0.5) is 0 Å². The minimum atomic E-state index is -0.453. The van der Waals surface area contributed by atoms with Crippen molar-refractivity contribution in [2.45, 2.75) is 31.4 Å². The van der Waals surface area contributed by atoms with Crippen molar-refractivity contribution in [1.29, 1.82) is 0 Å². The van der Waals surface area contributed by atoms with Gasteiger partial charge < -0.3 is 14.9 Å². The zero-order chi connectivity index (χ0) is 15.5. The van der Waals surface area contributed by atoms with E-state index in [1.54, 1.807) is 6.20 Å². The smallest absolute Gasteiger partial charge is 0.290 e. The van der Waals surface area contributed by atoms with Gasteiger partial charge in [-0.1, -0.05) is 6.07 Å². The molecule has 0 spiro atoms. The molecule has 1 amide bonds. The SMILES string of the molecule is O=C(N[C@H](Cc1ccccn1)C1CC(O)C1)c1cc(=O)[nH]o1. The first kappa shape index (κ1) is 14.5. The number of nitrogens with zero attached hydrogens (tertiary/aromatic N) is 1. The topological polar surface area (TPSA) is 108 Å². The third-order valence-electron chi connectivity index (χ3n) is 3.94. The highest BCUT2D eigenvalue weighted by atomic mass is 16.5. The highest BCUT2D eigenvalue weighted by Gasteiger charge is 2.35. The zero-order valence-electron chi connectivity index (χ0n) is 11.9. The van der Waals surface area contributed by atoms with Crippen molar-refractivity contribution in [3.05, 3.63) is 52.3 Å². The van der Waals surface area contributed by atoms with Crippen LogP contribution in [-0.2, 0) is 6.42 Å². The Morgan fingerprint density at radius 1 is 1.50 bits per heavy atom. The van der Waals surface area contributed by atoms with E-state index in [0.29, 0.717) is 19.3 Å². The molecular formula is C15H17N3O4. The predicted octanol–water partition coefficient (Wildman–Crippen LogP) is 0.475. The summed E-state index contributed by atoms with van der Waals surface area (Å²) in [6, 6.07) is 6.57. The number of aliphatic hydroxyl groups excluding tert-OH is 1. The molecule has 1 aliphatic carbocycles. The summed E-state index contributed by atoms with van der Waals surface area (Å²) in [7, 11) is 0. The van der Waals surface area contributed by atoms with Crippen molar-refractivity contribution in [2.75, 3.05) is 0 Å². The van der Waals surface area contributed by atoms with Gasteiger partial charge in [-0.3, -0.25) is 14.6 Å². The second-order valence-corrected chi connectivity index (χ2v) is 5.57. The van der Waals surface area contributed by atoms with Crippen LogP contribution in [0.15, 0.2) is 39.8 Å². The minimum absolute atomic E-state index is 0.0455. The average molecular weight is 303 g/mol. The van der Waals surface area contributed by atoms with Crippen molar-refractivity contribution in [3.63, 3.8) is 0 Å². The summed E-state index contributed by atoms with van der Waals surface area (Å²) in [6.45, 7) is 0. The number of aliphatic hydroxyl groups is 1. The Bertz CT molecular complexity index is 688. The maximum absolute atomic E-state index is 12.1. The second kappa shape index (κ2) is 6.15. The molecule has 1 atom stereocenters. The zero-order valence-corrected chi connectivity index (χ0v) is 11.9. The largest absolute Gasteiger partial charge is 0.393 e. The summed E-state index contributed by atoms with van der Waals surface area (Å²) in [5.41, 5.74) is 0.412. The van der Waals surface area contributed by atoms with Crippen molar-refractivity contribution >= 4 is 5.91 Å². The van der Waals surface area contributed by atoms with Gasteiger partial charge >= 0.3 is 0 Å². The highest BCUT2D eigenvalue weighted by Crippen LogP contribution is 2.31. The molecule has 0 radical (unpaired) electrons. The molecule has 1 aliphatic rings. The van der Waals surface area contributed by atoms with E-state index in [4.69, 9.17) is 4.52 Å². The Morgan fingerprint density at radius 2 is 2.32 bits per heavy atom. The van der Waals surface area contributed by atoms with Gasteiger partial charge in [0.05, 0.1) is 12.2 Å². The van der Waals surface area contributed by atoms with E-state index in [0.717, 1.165) is 11.8 Å². The van der Waals surface area contributed by atoms with Gasteiger partial charge in [-0.05, 0) is 30.9 Å². The van der Waals surface area contributed by atoms with Gasteiger partial charge in [-0.2, -0.15) is 5.16 Å². The van der Waals surface area contributed by atoms with Gasteiger partial charge in [0.15, 0.2) is 0 Å². The molecule has 2 aromatic heterocycles. The number of H-pyrrole nitrogens is 1. The lowest BCUT2D eigenvalue weighted by molar-refractivity contribution is 0.0234. The van der Waals surface area contributed by atoms with Gasteiger partial charge in [0.2, 0.25) is 5.76 Å². The van der Waals surface area contributed by atoms with Crippen molar-refractivity contribution < 1.29 is 14.4 Å². The normalized spacial score (nSPS) is 21.9. The summed E-state index contributed by atoms with van der Waals surface area (Å²) in [5, 5.41) is 14.5. The fraction of sp³-hybridized carbons (Fsp3) is 0.400. The maximum atomic E-state index is 12.1. The van der Waals surface area contributed by atoms with Crippen LogP contribution in [0, 0.1) is 5.92 Å². The van der Waals surface area contributed by atoms with Crippen LogP contribution in [0.25, 0.3) is 0 Å². The maximum Gasteiger partial charge on any atom is 0.290 e. The van der Waals surface area contributed by atoms with Crippen LogP contribution < -0.4 is 10.9 Å². The molecule has 22 heavy (non-hydrogen) atoms. The van der Waals surface area contributed by atoms with E-state index in [2.05, 4.69) is 15.5 Å². The van der Waals surface area contributed by atoms with Crippen molar-refractivity contribution in [2.24, 2.45) is 5.92 Å². The molecule has 116 valence electrons. The van der Waals surface area contributed by atoms with Crippen LogP contribution in [0.5, 0.6) is 0 Å². The van der Waals surface area contributed by atoms with Crippen LogP contribution >= 0.6 is 0 Å². The van der Waals surface area contributed by atoms with E-state index in [9.17, 15) is 14.7 Å². The average Bonchev–Trinajstić information content (AvgIpc) is 2.91. The number of carbonyl (C=O) groups excluding carboxylic acids is 1. The van der Waals surface area contributed by atoms with Crippen molar-refractivity contribution in [3.8, 4) is 0 Å². The summed E-state index contributed by atoms with van der Waals surface area (Å²) in [4.78, 5) is 27.5. The van der Waals surface area contributed by atoms with Gasteiger partial charge in [-0.15, -0.1) is 0 Å². The molecule has 3 rings (SSSR count). The van der Waals surface area contributed by atoms with E-state index in [-0.39, 0.29) is 23.8 Å². The third-order valence-corrected chi connectivity index (χ3v) is 3.94. The van der Waals surface area contributed by atoms with Crippen LogP contribution in [0.3, 0.4) is 0 Å². The molecule has 3 N–H and O–H groups in total. The third kappa shape index (κ3) is 3.25. The number of hydrogen-bond donors (Lipinski definition) is 3. The Kier molecular flexibility index (Phi) is 4.06. The molecule has 2 aromatic rings. The number of nitrogens with one attached hydrogen (secondary N) is 2. The summed E-state index contributed by atoms with van der Waals surface area (Å²) >= 11 is 0. The number of amides is 1. The fourth-order valence-corrected chi connectivity index (χ4v) is 2.67. The Morgan fingerprint density at radius 3 is 2.91 bits per heavy atom. The molecule has 0 saturated heterocycles. The lowest BCUT2D eigenvalue weighted by Crippen LogP contribution is -2.48. The molecule has 0 bridgehead atoms. The van der Waals surface area contributed by atoms with Crippen LogP contribution in [-0.4, -0.2) is 33.3 Å². The molecule has 2 heterocycles. The van der Waals surface area contributed by atoms with E-state index in [1.807, 2.05) is 18.2 Å². The van der Waals surface area contributed by atoms with Gasteiger partial charge in [0.25, 0.3) is 11.5 Å². The van der Waals surface area contributed by atoms with Crippen LogP contribution in [0.1, 0.15) is 29.1 Å². The van der Waals surface area contributed by atoms with Gasteiger partial charge in [0.1, 0.15) is 0 Å². The Hall–Kier alpha value is -2.41. The number of aromatic amines is 1. The standard InChI is InChI=1S/C15H17N3O4/c19-11-5-9(6-11)12(7-10-3-1-2-4-16-10)17-15(21)13-8-14(20)18-22-13/h1-4,8-9,11-12,19H,5-7H2,(H,17,21)(H,18,20)/t9?,11?,12-/m1/s1. The molecule has 0 unspecified atom stereocenters.